The molecule has 27 heavy (non-hydrogen) atoms. The van der Waals surface area contributed by atoms with E-state index in [2.05, 4.69) is 5.32 Å². The van der Waals surface area contributed by atoms with Crippen LogP contribution in [0.15, 0.2) is 60.3 Å². The van der Waals surface area contributed by atoms with Crippen molar-refractivity contribution in [1.29, 1.82) is 0 Å². The van der Waals surface area contributed by atoms with Crippen molar-refractivity contribution in [3.05, 3.63) is 81.5 Å². The molecule has 0 saturated carbocycles. The molecule has 2 aromatic carbocycles. The van der Waals surface area contributed by atoms with Gasteiger partial charge in [-0.1, -0.05) is 6.07 Å². The largest absolute Gasteiger partial charge is 0.477 e. The summed E-state index contributed by atoms with van der Waals surface area (Å²) < 4.78 is 38.2. The van der Waals surface area contributed by atoms with E-state index in [0.29, 0.717) is 12.1 Å². The van der Waals surface area contributed by atoms with Gasteiger partial charge in [0, 0.05) is 29.5 Å². The molecule has 0 heterocycles. The first-order valence-electron chi connectivity index (χ1n) is 7.26. The summed E-state index contributed by atoms with van der Waals surface area (Å²) in [6, 6.07) is 8.24. The van der Waals surface area contributed by atoms with Gasteiger partial charge in [0.2, 0.25) is 0 Å². The van der Waals surface area contributed by atoms with Crippen LogP contribution < -0.4 is 5.32 Å². The van der Waals surface area contributed by atoms with Gasteiger partial charge in [-0.25, -0.2) is 4.79 Å². The van der Waals surface area contributed by atoms with Gasteiger partial charge in [-0.2, -0.15) is 13.2 Å². The topological polar surface area (TPSA) is 110 Å². The van der Waals surface area contributed by atoms with Crippen molar-refractivity contribution < 1.29 is 32.8 Å². The van der Waals surface area contributed by atoms with Gasteiger partial charge in [-0.15, -0.1) is 0 Å². The fraction of sp³-hybridized carbons (Fsp3) is 0.0588. The van der Waals surface area contributed by atoms with E-state index in [4.69, 9.17) is 0 Å². The highest BCUT2D eigenvalue weighted by Crippen LogP contribution is 2.31. The van der Waals surface area contributed by atoms with Crippen LogP contribution in [0.3, 0.4) is 0 Å². The second-order valence-corrected chi connectivity index (χ2v) is 5.23. The van der Waals surface area contributed by atoms with E-state index >= 15 is 0 Å². The molecule has 0 unspecified atom stereocenters. The Morgan fingerprint density at radius 1 is 1.11 bits per heavy atom. The SMILES string of the molecule is O=C(O)/C(=C/C(=O)c1ccc([N+](=O)[O-])cc1)Nc1cccc(C(F)(F)F)c1. The smallest absolute Gasteiger partial charge is 0.416 e. The molecule has 140 valence electrons. The first kappa shape index (κ1) is 19.6. The number of allylic oxidation sites excluding steroid dienone is 1. The highest BCUT2D eigenvalue weighted by molar-refractivity contribution is 6.09. The third-order valence-electron chi connectivity index (χ3n) is 3.34. The number of alkyl halides is 3. The number of carbonyl (C=O) groups is 2. The first-order chi connectivity index (χ1) is 12.6. The standard InChI is InChI=1S/C17H11F3N2O5/c18-17(19,20)11-2-1-3-12(8-11)21-14(16(24)25)9-15(23)10-4-6-13(7-5-10)22(26)27/h1-9,21H,(H,24,25)/b14-9-. The lowest BCUT2D eigenvalue weighted by Crippen LogP contribution is -2.13. The van der Waals surface area contributed by atoms with Crippen molar-refractivity contribution in [2.24, 2.45) is 0 Å². The average molecular weight is 380 g/mol. The zero-order valence-electron chi connectivity index (χ0n) is 13.4. The molecule has 2 N–H and O–H groups in total. The van der Waals surface area contributed by atoms with E-state index in [-0.39, 0.29) is 16.9 Å². The number of nitrogens with zero attached hydrogens (tertiary/aromatic N) is 1. The molecule has 10 heteroatoms. The zero-order valence-corrected chi connectivity index (χ0v) is 13.4. The Labute approximate surface area is 149 Å². The van der Waals surface area contributed by atoms with E-state index in [1.54, 1.807) is 0 Å². The quantitative estimate of drug-likeness (QED) is 0.341. The maximum Gasteiger partial charge on any atom is 0.416 e. The Kier molecular flexibility index (Phi) is 5.59. The number of non-ortho nitro benzene ring substituents is 1. The van der Waals surface area contributed by atoms with Crippen LogP contribution in [0.25, 0.3) is 0 Å². The first-order valence-corrected chi connectivity index (χ1v) is 7.26. The van der Waals surface area contributed by atoms with Gasteiger partial charge >= 0.3 is 12.1 Å². The van der Waals surface area contributed by atoms with Crippen LogP contribution in [0.1, 0.15) is 15.9 Å². The van der Waals surface area contributed by atoms with Crippen molar-refractivity contribution in [2.75, 3.05) is 5.32 Å². The number of carboxylic acids is 1. The molecule has 0 radical (unpaired) electrons. The molecule has 0 fully saturated rings. The molecule has 0 bridgehead atoms. The van der Waals surface area contributed by atoms with E-state index in [1.165, 1.54) is 6.07 Å². The summed E-state index contributed by atoms with van der Waals surface area (Å²) in [5, 5.41) is 22.0. The maximum absolute atomic E-state index is 12.7. The highest BCUT2D eigenvalue weighted by atomic mass is 19.4. The Balaban J connectivity index is 2.28. The molecular formula is C17H11F3N2O5. The number of aliphatic carboxylic acids is 1. The fourth-order valence-electron chi connectivity index (χ4n) is 2.04. The third kappa shape index (κ3) is 5.14. The van der Waals surface area contributed by atoms with E-state index in [9.17, 15) is 38.0 Å². The lowest BCUT2D eigenvalue weighted by molar-refractivity contribution is -0.384. The number of halogens is 3. The molecule has 2 rings (SSSR count). The molecule has 0 saturated heterocycles. The lowest BCUT2D eigenvalue weighted by Gasteiger charge is -2.11. The van der Waals surface area contributed by atoms with Crippen LogP contribution in [0.4, 0.5) is 24.5 Å². The lowest BCUT2D eigenvalue weighted by atomic mass is 10.1. The van der Waals surface area contributed by atoms with Gasteiger partial charge in [-0.3, -0.25) is 14.9 Å². The third-order valence-corrected chi connectivity index (χ3v) is 3.34. The number of hydrogen-bond donors (Lipinski definition) is 2. The van der Waals surface area contributed by atoms with Gasteiger partial charge in [0.1, 0.15) is 5.70 Å². The monoisotopic (exact) mass is 380 g/mol. The average Bonchev–Trinajstić information content (AvgIpc) is 2.60. The molecule has 0 aliphatic carbocycles. The predicted molar refractivity (Wildman–Crippen MR) is 88.2 cm³/mol. The number of rotatable bonds is 6. The van der Waals surface area contributed by atoms with E-state index < -0.39 is 34.1 Å². The number of ketones is 1. The summed E-state index contributed by atoms with van der Waals surface area (Å²) in [6.07, 6.45) is -3.93. The maximum atomic E-state index is 12.7. The van der Waals surface area contributed by atoms with Gasteiger partial charge in [0.15, 0.2) is 5.78 Å². The molecule has 7 nitrogen and oxygen atoms in total. The Bertz CT molecular complexity index is 921. The zero-order chi connectivity index (χ0) is 20.2. The fourth-order valence-corrected chi connectivity index (χ4v) is 2.04. The summed E-state index contributed by atoms with van der Waals surface area (Å²) in [5.41, 5.74) is -2.09. The number of nitrogens with one attached hydrogen (secondary N) is 1. The number of nitro groups is 1. The van der Waals surface area contributed by atoms with E-state index in [1.807, 2.05) is 0 Å². The molecule has 0 aliphatic heterocycles. The summed E-state index contributed by atoms with van der Waals surface area (Å²) in [6.45, 7) is 0. The molecule has 0 atom stereocenters. The van der Waals surface area contributed by atoms with Crippen molar-refractivity contribution in [2.45, 2.75) is 6.18 Å². The highest BCUT2D eigenvalue weighted by Gasteiger charge is 2.30. The minimum Gasteiger partial charge on any atom is -0.477 e. The number of anilines is 1. The molecule has 0 aromatic heterocycles. The second-order valence-electron chi connectivity index (χ2n) is 5.23. The van der Waals surface area contributed by atoms with Crippen LogP contribution in [0.2, 0.25) is 0 Å². The summed E-state index contributed by atoms with van der Waals surface area (Å²) in [5.74, 6) is -2.36. The van der Waals surface area contributed by atoms with Gasteiger partial charge in [-0.05, 0) is 30.3 Å². The Morgan fingerprint density at radius 2 is 1.74 bits per heavy atom. The summed E-state index contributed by atoms with van der Waals surface area (Å²) >= 11 is 0. The van der Waals surface area contributed by atoms with Crippen molar-refractivity contribution >= 4 is 23.1 Å². The number of carboxylic acid groups (broad SMARTS) is 1. The number of carbonyl (C=O) groups excluding carboxylic acids is 1. The molecular weight excluding hydrogens is 369 g/mol. The summed E-state index contributed by atoms with van der Waals surface area (Å²) in [7, 11) is 0. The predicted octanol–water partition coefficient (Wildman–Crippen LogP) is 3.88. The van der Waals surface area contributed by atoms with E-state index in [0.717, 1.165) is 36.4 Å². The Morgan fingerprint density at radius 3 is 2.26 bits per heavy atom. The molecule has 2 aromatic rings. The van der Waals surface area contributed by atoms with Crippen LogP contribution in [-0.2, 0) is 11.0 Å². The van der Waals surface area contributed by atoms with Crippen LogP contribution in [0, 0.1) is 10.1 Å². The van der Waals surface area contributed by atoms with Crippen LogP contribution in [0.5, 0.6) is 0 Å². The minimum atomic E-state index is -4.61. The molecule has 0 amide bonds. The molecule has 0 spiro atoms. The van der Waals surface area contributed by atoms with Gasteiger partial charge < -0.3 is 10.4 Å². The number of hydrogen-bond acceptors (Lipinski definition) is 5. The van der Waals surface area contributed by atoms with Crippen LogP contribution in [-0.4, -0.2) is 21.8 Å². The second kappa shape index (κ2) is 7.68. The molecule has 0 aliphatic rings. The Hall–Kier alpha value is -3.69. The normalized spacial score (nSPS) is 11.7. The van der Waals surface area contributed by atoms with Crippen molar-refractivity contribution in [1.82, 2.24) is 0 Å². The van der Waals surface area contributed by atoms with Crippen molar-refractivity contribution in [3.8, 4) is 0 Å². The van der Waals surface area contributed by atoms with Gasteiger partial charge in [0.25, 0.3) is 5.69 Å². The number of nitro benzene ring substituents is 1. The van der Waals surface area contributed by atoms with Crippen LogP contribution >= 0.6 is 0 Å². The van der Waals surface area contributed by atoms with Gasteiger partial charge in [0.05, 0.1) is 10.5 Å². The number of benzene rings is 2. The minimum absolute atomic E-state index is 0.0230. The van der Waals surface area contributed by atoms with Crippen molar-refractivity contribution in [3.63, 3.8) is 0 Å². The summed E-state index contributed by atoms with van der Waals surface area (Å²) in [4.78, 5) is 33.4.